The zero-order chi connectivity index (χ0) is 13.5. The molecule has 0 aromatic heterocycles. The fourth-order valence-corrected chi connectivity index (χ4v) is 3.45. The summed E-state index contributed by atoms with van der Waals surface area (Å²) in [5.41, 5.74) is 6.34. The van der Waals surface area contributed by atoms with Crippen molar-refractivity contribution in [2.24, 2.45) is 23.5 Å². The lowest BCUT2D eigenvalue weighted by Gasteiger charge is -2.37. The highest BCUT2D eigenvalue weighted by atomic mass is 15.1. The predicted octanol–water partition coefficient (Wildman–Crippen LogP) is 3.51. The summed E-state index contributed by atoms with van der Waals surface area (Å²) in [5.74, 6) is 2.43. The van der Waals surface area contributed by atoms with Crippen LogP contribution in [0, 0.1) is 17.8 Å². The molecule has 1 saturated carbocycles. The average Bonchev–Trinajstić information content (AvgIpc) is 2.32. The van der Waals surface area contributed by atoms with E-state index in [9.17, 15) is 0 Å². The molecule has 1 rings (SSSR count). The summed E-state index contributed by atoms with van der Waals surface area (Å²) < 4.78 is 0. The van der Waals surface area contributed by atoms with E-state index in [0.29, 0.717) is 6.04 Å². The Hall–Kier alpha value is -0.0800. The van der Waals surface area contributed by atoms with Crippen LogP contribution in [0.15, 0.2) is 0 Å². The normalized spacial score (nSPS) is 29.2. The van der Waals surface area contributed by atoms with E-state index in [0.717, 1.165) is 17.8 Å². The summed E-state index contributed by atoms with van der Waals surface area (Å²) in [7, 11) is 0. The molecule has 2 N–H and O–H groups in total. The van der Waals surface area contributed by atoms with Gasteiger partial charge >= 0.3 is 0 Å². The van der Waals surface area contributed by atoms with Gasteiger partial charge in [0.05, 0.1) is 0 Å². The van der Waals surface area contributed by atoms with Gasteiger partial charge in [-0.15, -0.1) is 0 Å². The van der Waals surface area contributed by atoms with Crippen molar-refractivity contribution in [1.82, 2.24) is 4.90 Å². The standard InChI is InChI=1S/C16H34N2/c1-5-7-14-8-9-16(17)15(10-14)12-18(6-2)11-13(3)4/h13-16H,5-12,17H2,1-4H3. The highest BCUT2D eigenvalue weighted by molar-refractivity contribution is 4.84. The van der Waals surface area contributed by atoms with Gasteiger partial charge in [0.25, 0.3) is 0 Å². The quantitative estimate of drug-likeness (QED) is 0.753. The van der Waals surface area contributed by atoms with E-state index >= 15 is 0 Å². The first kappa shape index (κ1) is 16.0. The van der Waals surface area contributed by atoms with Crippen molar-refractivity contribution in [2.45, 2.75) is 65.8 Å². The summed E-state index contributed by atoms with van der Waals surface area (Å²) in [4.78, 5) is 2.60. The van der Waals surface area contributed by atoms with Crippen molar-refractivity contribution in [2.75, 3.05) is 19.6 Å². The number of hydrogen-bond donors (Lipinski definition) is 1. The second kappa shape index (κ2) is 8.16. The first-order valence-electron chi connectivity index (χ1n) is 8.04. The summed E-state index contributed by atoms with van der Waals surface area (Å²) in [5, 5.41) is 0. The average molecular weight is 254 g/mol. The summed E-state index contributed by atoms with van der Waals surface area (Å²) in [6.45, 7) is 12.8. The van der Waals surface area contributed by atoms with E-state index in [1.165, 1.54) is 51.7 Å². The highest BCUT2D eigenvalue weighted by Gasteiger charge is 2.28. The van der Waals surface area contributed by atoms with E-state index in [1.807, 2.05) is 0 Å². The van der Waals surface area contributed by atoms with Gasteiger partial charge in [-0.3, -0.25) is 0 Å². The molecule has 0 aliphatic heterocycles. The smallest absolute Gasteiger partial charge is 0.00795 e. The first-order chi connectivity index (χ1) is 8.56. The molecular weight excluding hydrogens is 220 g/mol. The van der Waals surface area contributed by atoms with Crippen molar-refractivity contribution >= 4 is 0 Å². The molecule has 2 heteroatoms. The van der Waals surface area contributed by atoms with Gasteiger partial charge in [-0.05, 0) is 43.6 Å². The van der Waals surface area contributed by atoms with Gasteiger partial charge in [-0.1, -0.05) is 40.5 Å². The van der Waals surface area contributed by atoms with E-state index in [2.05, 4.69) is 32.6 Å². The third-order valence-electron chi connectivity index (χ3n) is 4.41. The molecule has 1 aliphatic carbocycles. The van der Waals surface area contributed by atoms with Crippen LogP contribution in [-0.2, 0) is 0 Å². The molecule has 18 heavy (non-hydrogen) atoms. The Balaban J connectivity index is 2.45. The molecule has 0 aromatic rings. The van der Waals surface area contributed by atoms with Gasteiger partial charge < -0.3 is 10.6 Å². The van der Waals surface area contributed by atoms with Crippen LogP contribution in [-0.4, -0.2) is 30.6 Å². The van der Waals surface area contributed by atoms with Crippen molar-refractivity contribution < 1.29 is 0 Å². The number of nitrogens with two attached hydrogens (primary N) is 1. The Bertz CT molecular complexity index is 215. The molecule has 0 amide bonds. The van der Waals surface area contributed by atoms with Gasteiger partial charge in [0.15, 0.2) is 0 Å². The molecular formula is C16H34N2. The monoisotopic (exact) mass is 254 g/mol. The lowest BCUT2D eigenvalue weighted by molar-refractivity contribution is 0.146. The Labute approximate surface area is 114 Å². The largest absolute Gasteiger partial charge is 0.327 e. The van der Waals surface area contributed by atoms with Gasteiger partial charge in [-0.2, -0.15) is 0 Å². The van der Waals surface area contributed by atoms with Gasteiger partial charge in [0.1, 0.15) is 0 Å². The van der Waals surface area contributed by atoms with Crippen LogP contribution >= 0.6 is 0 Å². The number of hydrogen-bond acceptors (Lipinski definition) is 2. The molecule has 3 unspecified atom stereocenters. The minimum absolute atomic E-state index is 0.444. The molecule has 2 nitrogen and oxygen atoms in total. The molecule has 0 radical (unpaired) electrons. The van der Waals surface area contributed by atoms with E-state index < -0.39 is 0 Å². The second-order valence-corrected chi connectivity index (χ2v) is 6.64. The minimum atomic E-state index is 0.444. The fourth-order valence-electron chi connectivity index (χ4n) is 3.45. The van der Waals surface area contributed by atoms with Crippen LogP contribution in [0.5, 0.6) is 0 Å². The molecule has 108 valence electrons. The SMILES string of the molecule is CCCC1CCC(N)C(CN(CC)CC(C)C)C1. The van der Waals surface area contributed by atoms with Crippen molar-refractivity contribution in [3.05, 3.63) is 0 Å². The van der Waals surface area contributed by atoms with Crippen LogP contribution < -0.4 is 5.73 Å². The van der Waals surface area contributed by atoms with Crippen molar-refractivity contribution in [3.63, 3.8) is 0 Å². The summed E-state index contributed by atoms with van der Waals surface area (Å²) >= 11 is 0. The zero-order valence-electron chi connectivity index (χ0n) is 13.0. The molecule has 0 bridgehead atoms. The third-order valence-corrected chi connectivity index (χ3v) is 4.41. The minimum Gasteiger partial charge on any atom is -0.327 e. The van der Waals surface area contributed by atoms with E-state index in [1.54, 1.807) is 0 Å². The maximum absolute atomic E-state index is 6.34. The van der Waals surface area contributed by atoms with Crippen LogP contribution in [0.4, 0.5) is 0 Å². The molecule has 0 saturated heterocycles. The van der Waals surface area contributed by atoms with Crippen LogP contribution in [0.3, 0.4) is 0 Å². The number of nitrogens with zero attached hydrogens (tertiary/aromatic N) is 1. The molecule has 0 heterocycles. The summed E-state index contributed by atoms with van der Waals surface area (Å²) in [6.07, 6.45) is 6.70. The second-order valence-electron chi connectivity index (χ2n) is 6.64. The predicted molar refractivity (Wildman–Crippen MR) is 80.7 cm³/mol. The molecule has 0 spiro atoms. The van der Waals surface area contributed by atoms with Crippen LogP contribution in [0.25, 0.3) is 0 Å². The third kappa shape index (κ3) is 5.27. The van der Waals surface area contributed by atoms with E-state index in [-0.39, 0.29) is 0 Å². The molecule has 1 fully saturated rings. The topological polar surface area (TPSA) is 29.3 Å². The zero-order valence-corrected chi connectivity index (χ0v) is 13.0. The Morgan fingerprint density at radius 3 is 2.50 bits per heavy atom. The Morgan fingerprint density at radius 1 is 1.22 bits per heavy atom. The Kier molecular flexibility index (Phi) is 7.25. The van der Waals surface area contributed by atoms with Gasteiger partial charge in [-0.25, -0.2) is 0 Å². The maximum Gasteiger partial charge on any atom is 0.00795 e. The number of rotatable bonds is 7. The lowest BCUT2D eigenvalue weighted by atomic mass is 9.76. The lowest BCUT2D eigenvalue weighted by Crippen LogP contribution is -2.44. The van der Waals surface area contributed by atoms with Crippen molar-refractivity contribution in [3.8, 4) is 0 Å². The van der Waals surface area contributed by atoms with E-state index in [4.69, 9.17) is 5.73 Å². The Morgan fingerprint density at radius 2 is 1.94 bits per heavy atom. The molecule has 1 aliphatic rings. The van der Waals surface area contributed by atoms with Crippen LogP contribution in [0.1, 0.15) is 59.8 Å². The highest BCUT2D eigenvalue weighted by Crippen LogP contribution is 2.31. The first-order valence-corrected chi connectivity index (χ1v) is 8.04. The summed E-state index contributed by atoms with van der Waals surface area (Å²) in [6, 6.07) is 0.444. The van der Waals surface area contributed by atoms with Crippen LogP contribution in [0.2, 0.25) is 0 Å². The fraction of sp³-hybridized carbons (Fsp3) is 1.00. The maximum atomic E-state index is 6.34. The van der Waals surface area contributed by atoms with Crippen molar-refractivity contribution in [1.29, 1.82) is 0 Å². The molecule has 0 aromatic carbocycles. The van der Waals surface area contributed by atoms with Gasteiger partial charge in [0.2, 0.25) is 0 Å². The molecule has 3 atom stereocenters. The van der Waals surface area contributed by atoms with Gasteiger partial charge in [0, 0.05) is 19.1 Å².